The van der Waals surface area contributed by atoms with E-state index in [9.17, 15) is 18.0 Å². The van der Waals surface area contributed by atoms with Crippen molar-refractivity contribution in [3.8, 4) is 11.5 Å². The Morgan fingerprint density at radius 2 is 1.69 bits per heavy atom. The minimum atomic E-state index is -3.43. The van der Waals surface area contributed by atoms with Crippen LogP contribution in [0.3, 0.4) is 0 Å². The standard InChI is InChI=1S/C23H29NO7S/c1-6-32(27,28)24-15-18-13-16(14-21(25)31-23(2,3)4)7-12-20(18)30-19-10-8-17(9-11-19)22(26)29-5/h7-13,24H,6,14-15H2,1-5H3. The smallest absolute Gasteiger partial charge is 0.337 e. The molecule has 2 aromatic rings. The van der Waals surface area contributed by atoms with Crippen LogP contribution in [0.2, 0.25) is 0 Å². The highest BCUT2D eigenvalue weighted by molar-refractivity contribution is 7.89. The molecule has 0 radical (unpaired) electrons. The maximum Gasteiger partial charge on any atom is 0.337 e. The highest BCUT2D eigenvalue weighted by Gasteiger charge is 2.18. The average Bonchev–Trinajstić information content (AvgIpc) is 2.72. The van der Waals surface area contributed by atoms with Gasteiger partial charge in [0.05, 0.1) is 24.8 Å². The molecule has 9 heteroatoms. The number of rotatable bonds is 9. The number of benzene rings is 2. The molecule has 8 nitrogen and oxygen atoms in total. The van der Waals surface area contributed by atoms with E-state index in [4.69, 9.17) is 9.47 Å². The van der Waals surface area contributed by atoms with Gasteiger partial charge in [-0.1, -0.05) is 12.1 Å². The molecular formula is C23H29NO7S. The Morgan fingerprint density at radius 3 is 2.25 bits per heavy atom. The number of methoxy groups -OCH3 is 1. The number of carbonyl (C=O) groups excluding carboxylic acids is 2. The van der Waals surface area contributed by atoms with Crippen LogP contribution in [-0.2, 0) is 37.3 Å². The number of hydrogen-bond acceptors (Lipinski definition) is 7. The molecule has 0 unspecified atom stereocenters. The van der Waals surface area contributed by atoms with Gasteiger partial charge >= 0.3 is 11.9 Å². The number of sulfonamides is 1. The summed E-state index contributed by atoms with van der Waals surface area (Å²) in [4.78, 5) is 23.8. The van der Waals surface area contributed by atoms with E-state index < -0.39 is 21.6 Å². The quantitative estimate of drug-likeness (QED) is 0.566. The summed E-state index contributed by atoms with van der Waals surface area (Å²) >= 11 is 0. The van der Waals surface area contributed by atoms with Gasteiger partial charge in [-0.15, -0.1) is 0 Å². The predicted octanol–water partition coefficient (Wildman–Crippen LogP) is 3.59. The lowest BCUT2D eigenvalue weighted by atomic mass is 10.1. The maximum atomic E-state index is 12.2. The second-order valence-electron chi connectivity index (χ2n) is 8.05. The fraction of sp³-hybridized carbons (Fsp3) is 0.391. The first-order valence-corrected chi connectivity index (χ1v) is 11.7. The molecule has 0 heterocycles. The first-order valence-electron chi connectivity index (χ1n) is 10.1. The highest BCUT2D eigenvalue weighted by atomic mass is 32.2. The van der Waals surface area contributed by atoms with Crippen molar-refractivity contribution in [3.05, 3.63) is 59.2 Å². The lowest BCUT2D eigenvalue weighted by Crippen LogP contribution is -2.25. The van der Waals surface area contributed by atoms with Crippen LogP contribution < -0.4 is 9.46 Å². The SMILES string of the molecule is CCS(=O)(=O)NCc1cc(CC(=O)OC(C)(C)C)ccc1Oc1ccc(C(=O)OC)cc1. The molecule has 0 saturated heterocycles. The minimum absolute atomic E-state index is 0.00604. The topological polar surface area (TPSA) is 108 Å². The second-order valence-corrected chi connectivity index (χ2v) is 10.1. The van der Waals surface area contributed by atoms with Gasteiger partial charge < -0.3 is 14.2 Å². The van der Waals surface area contributed by atoms with Crippen LogP contribution in [0.1, 0.15) is 49.2 Å². The molecule has 2 rings (SSSR count). The molecule has 32 heavy (non-hydrogen) atoms. The molecule has 0 aliphatic carbocycles. The molecule has 0 atom stereocenters. The second kappa shape index (κ2) is 10.6. The fourth-order valence-electron chi connectivity index (χ4n) is 2.72. The van der Waals surface area contributed by atoms with E-state index in [2.05, 4.69) is 9.46 Å². The summed E-state index contributed by atoms with van der Waals surface area (Å²) in [5.41, 5.74) is 0.998. The van der Waals surface area contributed by atoms with Crippen LogP contribution in [-0.4, -0.2) is 38.8 Å². The van der Waals surface area contributed by atoms with Gasteiger partial charge in [0, 0.05) is 12.1 Å². The molecule has 0 aliphatic heterocycles. The zero-order valence-electron chi connectivity index (χ0n) is 18.9. The third kappa shape index (κ3) is 7.97. The average molecular weight is 464 g/mol. The van der Waals surface area contributed by atoms with E-state index in [-0.39, 0.29) is 24.7 Å². The fourth-order valence-corrected chi connectivity index (χ4v) is 3.30. The van der Waals surface area contributed by atoms with E-state index in [0.29, 0.717) is 28.2 Å². The summed E-state index contributed by atoms with van der Waals surface area (Å²) in [6.45, 7) is 6.91. The molecular weight excluding hydrogens is 434 g/mol. The van der Waals surface area contributed by atoms with E-state index >= 15 is 0 Å². The summed E-state index contributed by atoms with van der Waals surface area (Å²) in [6, 6.07) is 11.5. The Kier molecular flexibility index (Phi) is 8.40. The predicted molar refractivity (Wildman–Crippen MR) is 120 cm³/mol. The molecule has 0 spiro atoms. The maximum absolute atomic E-state index is 12.2. The number of esters is 2. The van der Waals surface area contributed by atoms with E-state index in [1.54, 1.807) is 70.2 Å². The van der Waals surface area contributed by atoms with Crippen molar-refractivity contribution < 1.29 is 32.2 Å². The van der Waals surface area contributed by atoms with Gasteiger partial charge in [0.15, 0.2) is 0 Å². The largest absolute Gasteiger partial charge is 0.465 e. The van der Waals surface area contributed by atoms with Gasteiger partial charge in [-0.05, 0) is 63.6 Å². The lowest BCUT2D eigenvalue weighted by Gasteiger charge is -2.20. The first-order chi connectivity index (χ1) is 14.9. The van der Waals surface area contributed by atoms with E-state index in [0.717, 1.165) is 0 Å². The normalized spacial score (nSPS) is 11.7. The van der Waals surface area contributed by atoms with Gasteiger partial charge in [0.25, 0.3) is 0 Å². The molecule has 0 saturated carbocycles. The van der Waals surface area contributed by atoms with Crippen LogP contribution in [0.4, 0.5) is 0 Å². The molecule has 0 amide bonds. The first kappa shape index (κ1) is 25.4. The van der Waals surface area contributed by atoms with Crippen molar-refractivity contribution in [1.29, 1.82) is 0 Å². The molecule has 2 aromatic carbocycles. The molecule has 0 aromatic heterocycles. The van der Waals surface area contributed by atoms with E-state index in [1.165, 1.54) is 7.11 Å². The van der Waals surface area contributed by atoms with Crippen molar-refractivity contribution in [2.45, 2.75) is 46.3 Å². The third-order valence-corrected chi connectivity index (χ3v) is 5.60. The van der Waals surface area contributed by atoms with Crippen LogP contribution in [0.25, 0.3) is 0 Å². The number of nitrogens with one attached hydrogen (secondary N) is 1. The van der Waals surface area contributed by atoms with Gasteiger partial charge in [-0.2, -0.15) is 0 Å². The Morgan fingerprint density at radius 1 is 1.03 bits per heavy atom. The zero-order valence-corrected chi connectivity index (χ0v) is 19.7. The molecule has 0 fully saturated rings. The summed E-state index contributed by atoms with van der Waals surface area (Å²) in [6.07, 6.45) is 0.0406. The lowest BCUT2D eigenvalue weighted by molar-refractivity contribution is -0.153. The highest BCUT2D eigenvalue weighted by Crippen LogP contribution is 2.27. The van der Waals surface area contributed by atoms with Crippen LogP contribution >= 0.6 is 0 Å². The Bertz CT molecular complexity index is 1050. The Balaban J connectivity index is 2.27. The van der Waals surface area contributed by atoms with Crippen molar-refractivity contribution in [2.24, 2.45) is 0 Å². The van der Waals surface area contributed by atoms with Crippen LogP contribution in [0.15, 0.2) is 42.5 Å². The van der Waals surface area contributed by atoms with Crippen molar-refractivity contribution in [2.75, 3.05) is 12.9 Å². The summed E-state index contributed by atoms with van der Waals surface area (Å²) in [7, 11) is -2.13. The number of ether oxygens (including phenoxy) is 3. The Hall–Kier alpha value is -2.91. The number of hydrogen-bond donors (Lipinski definition) is 1. The van der Waals surface area contributed by atoms with Crippen LogP contribution in [0, 0.1) is 0 Å². The monoisotopic (exact) mass is 463 g/mol. The third-order valence-electron chi connectivity index (χ3n) is 4.26. The molecule has 174 valence electrons. The summed E-state index contributed by atoms with van der Waals surface area (Å²) in [5, 5.41) is 0. The molecule has 0 aliphatic rings. The Labute approximate surface area is 188 Å². The summed E-state index contributed by atoms with van der Waals surface area (Å²) < 4.78 is 42.3. The summed E-state index contributed by atoms with van der Waals surface area (Å²) in [5.74, 6) is -0.0301. The van der Waals surface area contributed by atoms with Crippen molar-refractivity contribution >= 4 is 22.0 Å². The zero-order chi connectivity index (χ0) is 23.9. The van der Waals surface area contributed by atoms with E-state index in [1.807, 2.05) is 0 Å². The van der Waals surface area contributed by atoms with Gasteiger partial charge in [0.1, 0.15) is 17.1 Å². The molecule has 0 bridgehead atoms. The van der Waals surface area contributed by atoms with Gasteiger partial charge in [-0.25, -0.2) is 17.9 Å². The van der Waals surface area contributed by atoms with Crippen LogP contribution in [0.5, 0.6) is 11.5 Å². The number of carbonyl (C=O) groups is 2. The van der Waals surface area contributed by atoms with Gasteiger partial charge in [-0.3, -0.25) is 4.79 Å². The van der Waals surface area contributed by atoms with Gasteiger partial charge in [0.2, 0.25) is 10.0 Å². The van der Waals surface area contributed by atoms with Crippen molar-refractivity contribution in [1.82, 2.24) is 4.72 Å². The molecule has 1 N–H and O–H groups in total. The van der Waals surface area contributed by atoms with Crippen molar-refractivity contribution in [3.63, 3.8) is 0 Å². The minimum Gasteiger partial charge on any atom is -0.465 e.